The average molecular weight is 499 g/mol. The number of nitrogens with two attached hydrogens (primary N) is 1. The summed E-state index contributed by atoms with van der Waals surface area (Å²) in [6.45, 7) is 20.7. The summed E-state index contributed by atoms with van der Waals surface area (Å²) in [6.07, 6.45) is 10.1. The van der Waals surface area contributed by atoms with Crippen LogP contribution in [0.5, 0.6) is 0 Å². The van der Waals surface area contributed by atoms with Gasteiger partial charge in [-0.25, -0.2) is 0 Å². The highest BCUT2D eigenvalue weighted by molar-refractivity contribution is 5.79. The molecule has 4 fully saturated rings. The smallest absolute Gasteiger partial charge is 0.312 e. The van der Waals surface area contributed by atoms with Crippen LogP contribution in [0, 0.1) is 51.2 Å². The molecule has 0 aliphatic heterocycles. The van der Waals surface area contributed by atoms with Gasteiger partial charge < -0.3 is 15.7 Å². The maximum Gasteiger partial charge on any atom is 0.312 e. The molecule has 5 heteroatoms. The van der Waals surface area contributed by atoms with E-state index in [0.717, 1.165) is 51.4 Å². The molecule has 202 valence electrons. The number of carbonyl (C=O) groups is 1. The van der Waals surface area contributed by atoms with Gasteiger partial charge in [-0.15, -0.1) is 0 Å². The Morgan fingerprint density at radius 1 is 1.00 bits per heavy atom. The second-order valence-corrected chi connectivity index (χ2v) is 13.8. The lowest BCUT2D eigenvalue weighted by atomic mass is 9.34. The van der Waals surface area contributed by atoms with Gasteiger partial charge in [-0.05, 0) is 117 Å². The lowest BCUT2D eigenvalue weighted by Crippen LogP contribution is -2.64. The minimum Gasteiger partial charge on any atom is -0.469 e. The van der Waals surface area contributed by atoms with Crippen LogP contribution >= 0.6 is 0 Å². The third kappa shape index (κ3) is 3.61. The molecule has 0 aromatic rings. The summed E-state index contributed by atoms with van der Waals surface area (Å²) in [4.78, 5) is 13.4. The first-order chi connectivity index (χ1) is 16.8. The lowest BCUT2D eigenvalue weighted by Gasteiger charge is -2.70. The van der Waals surface area contributed by atoms with Gasteiger partial charge in [0, 0.05) is 6.42 Å². The molecule has 0 amide bonds. The fourth-order valence-electron chi connectivity index (χ4n) is 10.7. The van der Waals surface area contributed by atoms with Crippen molar-refractivity contribution in [1.82, 2.24) is 0 Å². The first-order valence-electron chi connectivity index (χ1n) is 14.2. The first-order valence-corrected chi connectivity index (χ1v) is 14.2. The normalized spacial score (nSPS) is 46.3. The van der Waals surface area contributed by atoms with Gasteiger partial charge in [0.15, 0.2) is 0 Å². The van der Waals surface area contributed by atoms with Crippen molar-refractivity contribution < 1.29 is 14.7 Å². The molecule has 0 unspecified atom stereocenters. The van der Waals surface area contributed by atoms with Crippen molar-refractivity contribution in [3.8, 4) is 0 Å². The standard InChI is InChI=1S/C31H50N2O3/c1-19(2)21-11-16-31(27(34)36-8)18-17-29(6)23(26(21)31)9-10-24-28(5,14-13-25(32)33-35)22(20(3)4)12-15-30(24,29)7/h21-24,26,35H,1,3,9-18H2,2,4-8H3,(H2,32,33)/t21-,22-,23+,24+,26+,28-,29+,30+,31-/m0/s1. The molecule has 5 nitrogen and oxygen atoms in total. The molecule has 9 atom stereocenters. The predicted octanol–water partition coefficient (Wildman–Crippen LogP) is 7.10. The van der Waals surface area contributed by atoms with Crippen LogP contribution in [0.2, 0.25) is 0 Å². The van der Waals surface area contributed by atoms with E-state index in [2.05, 4.69) is 52.9 Å². The van der Waals surface area contributed by atoms with Crippen LogP contribution in [-0.4, -0.2) is 24.1 Å². The minimum atomic E-state index is -0.351. The van der Waals surface area contributed by atoms with E-state index >= 15 is 0 Å². The summed E-state index contributed by atoms with van der Waals surface area (Å²) in [5.41, 5.74) is 8.48. The maximum absolute atomic E-state index is 13.4. The van der Waals surface area contributed by atoms with Gasteiger partial charge in [0.2, 0.25) is 0 Å². The van der Waals surface area contributed by atoms with E-state index < -0.39 is 0 Å². The SMILES string of the molecule is C=C(C)[C@@H]1CC[C@]2(C(=O)OC)CC[C@]3(C)[C@H](CC[C@@H]4[C@@](C)(CC/C(N)=N/O)[C@H](C(=C)C)CC[C@]43C)[C@@H]12. The topological polar surface area (TPSA) is 84.9 Å². The summed E-state index contributed by atoms with van der Waals surface area (Å²) >= 11 is 0. The van der Waals surface area contributed by atoms with Crippen molar-refractivity contribution in [2.45, 2.75) is 98.8 Å². The summed E-state index contributed by atoms with van der Waals surface area (Å²) in [6, 6.07) is 0. The quantitative estimate of drug-likeness (QED) is 0.102. The van der Waals surface area contributed by atoms with Crippen LogP contribution in [0.3, 0.4) is 0 Å². The van der Waals surface area contributed by atoms with Gasteiger partial charge in [0.25, 0.3) is 0 Å². The average Bonchev–Trinajstić information content (AvgIpc) is 3.23. The monoisotopic (exact) mass is 498 g/mol. The Morgan fingerprint density at radius 2 is 1.69 bits per heavy atom. The van der Waals surface area contributed by atoms with Crippen LogP contribution in [0.1, 0.15) is 98.8 Å². The van der Waals surface area contributed by atoms with E-state index in [9.17, 15) is 10.0 Å². The lowest BCUT2D eigenvalue weighted by molar-refractivity contribution is -0.219. The number of hydrogen-bond acceptors (Lipinski definition) is 4. The van der Waals surface area contributed by atoms with E-state index in [4.69, 9.17) is 10.5 Å². The zero-order valence-electron chi connectivity index (χ0n) is 23.7. The fraction of sp³-hybridized carbons (Fsp3) is 0.806. The molecule has 4 aliphatic carbocycles. The number of rotatable bonds is 6. The van der Waals surface area contributed by atoms with Gasteiger partial charge in [-0.1, -0.05) is 50.2 Å². The number of esters is 1. The number of fused-ring (bicyclic) bond motifs is 5. The molecule has 0 saturated heterocycles. The Balaban J connectivity index is 1.77. The highest BCUT2D eigenvalue weighted by Gasteiger charge is 2.70. The summed E-state index contributed by atoms with van der Waals surface area (Å²) in [5.74, 6) is 2.51. The number of nitrogens with zero attached hydrogens (tertiary/aromatic N) is 1. The number of hydrogen-bond donors (Lipinski definition) is 2. The Hall–Kier alpha value is -1.78. The molecule has 0 heterocycles. The van der Waals surface area contributed by atoms with E-state index in [0.29, 0.717) is 41.8 Å². The molecular formula is C31H50N2O3. The van der Waals surface area contributed by atoms with E-state index in [-0.39, 0.29) is 27.6 Å². The maximum atomic E-state index is 13.4. The highest BCUT2D eigenvalue weighted by atomic mass is 16.5. The van der Waals surface area contributed by atoms with E-state index in [1.165, 1.54) is 17.6 Å². The molecule has 4 aliphatic rings. The summed E-state index contributed by atoms with van der Waals surface area (Å²) in [7, 11) is 1.57. The van der Waals surface area contributed by atoms with Crippen LogP contribution in [0.15, 0.2) is 29.5 Å². The molecule has 0 aromatic carbocycles. The zero-order valence-corrected chi connectivity index (χ0v) is 23.7. The van der Waals surface area contributed by atoms with Crippen LogP contribution in [-0.2, 0) is 9.53 Å². The molecule has 3 N–H and O–H groups in total. The number of oxime groups is 1. The van der Waals surface area contributed by atoms with Crippen molar-refractivity contribution in [2.75, 3.05) is 7.11 Å². The Labute approximate surface area is 219 Å². The van der Waals surface area contributed by atoms with Crippen LogP contribution in [0.25, 0.3) is 0 Å². The van der Waals surface area contributed by atoms with Crippen molar-refractivity contribution in [3.63, 3.8) is 0 Å². The van der Waals surface area contributed by atoms with Crippen molar-refractivity contribution >= 4 is 11.8 Å². The van der Waals surface area contributed by atoms with Crippen LogP contribution in [0.4, 0.5) is 0 Å². The van der Waals surface area contributed by atoms with Crippen molar-refractivity contribution in [1.29, 1.82) is 0 Å². The number of amidine groups is 1. The molecule has 36 heavy (non-hydrogen) atoms. The molecule has 4 saturated carbocycles. The largest absolute Gasteiger partial charge is 0.469 e. The second-order valence-electron chi connectivity index (χ2n) is 13.8. The third-order valence-electron chi connectivity index (χ3n) is 12.6. The van der Waals surface area contributed by atoms with E-state index in [1.807, 2.05) is 0 Å². The first kappa shape index (κ1) is 27.3. The van der Waals surface area contributed by atoms with Gasteiger partial charge in [0.05, 0.1) is 12.5 Å². The summed E-state index contributed by atoms with van der Waals surface area (Å²) in [5, 5.41) is 12.5. The minimum absolute atomic E-state index is 0.0140. The van der Waals surface area contributed by atoms with Gasteiger partial charge >= 0.3 is 5.97 Å². The third-order valence-corrected chi connectivity index (χ3v) is 12.6. The second kappa shape index (κ2) is 9.20. The number of allylic oxidation sites excluding steroid dienone is 2. The van der Waals surface area contributed by atoms with Gasteiger partial charge in [-0.3, -0.25) is 4.79 Å². The molecule has 0 bridgehead atoms. The van der Waals surface area contributed by atoms with Crippen molar-refractivity contribution in [2.24, 2.45) is 62.1 Å². The molecule has 4 rings (SSSR count). The van der Waals surface area contributed by atoms with Gasteiger partial charge in [0.1, 0.15) is 5.84 Å². The van der Waals surface area contributed by atoms with Crippen molar-refractivity contribution in [3.05, 3.63) is 24.3 Å². The zero-order chi connectivity index (χ0) is 26.7. The Bertz CT molecular complexity index is 957. The van der Waals surface area contributed by atoms with E-state index in [1.54, 1.807) is 7.11 Å². The Kier molecular flexibility index (Phi) is 6.97. The molecular weight excluding hydrogens is 448 g/mol. The molecule has 0 spiro atoms. The number of ether oxygens (including phenoxy) is 1. The summed E-state index contributed by atoms with van der Waals surface area (Å²) < 4.78 is 5.48. The van der Waals surface area contributed by atoms with Crippen LogP contribution < -0.4 is 5.73 Å². The predicted molar refractivity (Wildman–Crippen MR) is 145 cm³/mol. The number of methoxy groups -OCH3 is 1. The molecule has 0 aromatic heterocycles. The number of carbonyl (C=O) groups excluding carboxylic acids is 1. The van der Waals surface area contributed by atoms with Gasteiger partial charge in [-0.2, -0.15) is 0 Å². The fourth-order valence-corrected chi connectivity index (χ4v) is 10.7. The molecule has 0 radical (unpaired) electrons. The highest BCUT2D eigenvalue weighted by Crippen LogP contribution is 2.76. The Morgan fingerprint density at radius 3 is 2.28 bits per heavy atom.